The number of hydrogen-bond acceptors (Lipinski definition) is 7. The fourth-order valence-corrected chi connectivity index (χ4v) is 4.58. The number of nitrogens with zero attached hydrogens (tertiary/aromatic N) is 5. The van der Waals surface area contributed by atoms with E-state index in [-0.39, 0.29) is 12.6 Å². The van der Waals surface area contributed by atoms with Crippen molar-refractivity contribution in [2.45, 2.75) is 32.4 Å². The van der Waals surface area contributed by atoms with Crippen LogP contribution in [-0.4, -0.2) is 60.0 Å². The third-order valence-corrected chi connectivity index (χ3v) is 6.29. The van der Waals surface area contributed by atoms with Crippen molar-refractivity contribution >= 4 is 44.8 Å². The lowest BCUT2D eigenvalue weighted by molar-refractivity contribution is 0.0342. The van der Waals surface area contributed by atoms with Gasteiger partial charge in [0.2, 0.25) is 16.0 Å². The second-order valence-corrected chi connectivity index (χ2v) is 10.3. The lowest BCUT2D eigenvalue weighted by Gasteiger charge is -2.33. The second-order valence-electron chi connectivity index (χ2n) is 8.01. The quantitative estimate of drug-likeness (QED) is 0.516. The smallest absolute Gasteiger partial charge is 0.210 e. The maximum atomic E-state index is 11.6. The maximum Gasteiger partial charge on any atom is 0.210 e. The third-order valence-electron chi connectivity index (χ3n) is 5.41. The maximum absolute atomic E-state index is 11.6. The molecule has 1 saturated heterocycles. The lowest BCUT2D eigenvalue weighted by atomic mass is 10.1. The molecule has 0 bridgehead atoms. The van der Waals surface area contributed by atoms with Crippen LogP contribution in [0, 0.1) is 0 Å². The molecule has 0 spiro atoms. The molecule has 1 aliphatic heterocycles. The molecule has 1 unspecified atom stereocenters. The van der Waals surface area contributed by atoms with Crippen LogP contribution >= 0.6 is 11.6 Å². The minimum absolute atomic E-state index is 0.0438. The lowest BCUT2D eigenvalue weighted by Crippen LogP contribution is -2.43. The van der Waals surface area contributed by atoms with E-state index in [1.807, 2.05) is 4.57 Å². The highest BCUT2D eigenvalue weighted by molar-refractivity contribution is 7.88. The number of imidazole rings is 1. The number of fused-ring (bicyclic) bond motifs is 1. The van der Waals surface area contributed by atoms with Crippen molar-refractivity contribution in [2.24, 2.45) is 0 Å². The van der Waals surface area contributed by atoms with Crippen LogP contribution in [0.25, 0.3) is 28.5 Å². The molecule has 176 valence electrons. The summed E-state index contributed by atoms with van der Waals surface area (Å²) in [7, 11) is -3.38. The van der Waals surface area contributed by atoms with Gasteiger partial charge in [-0.1, -0.05) is 31.5 Å². The molecular weight excluding hydrogens is 464 g/mol. The van der Waals surface area contributed by atoms with Gasteiger partial charge < -0.3 is 9.64 Å². The summed E-state index contributed by atoms with van der Waals surface area (Å²) in [6, 6.07) is 3.57. The van der Waals surface area contributed by atoms with Gasteiger partial charge in [0.15, 0.2) is 0 Å². The summed E-state index contributed by atoms with van der Waals surface area (Å²) >= 11 is 6.21. The summed E-state index contributed by atoms with van der Waals surface area (Å²) in [5.74, 6) is 0.746. The van der Waals surface area contributed by atoms with E-state index < -0.39 is 10.0 Å². The average molecular weight is 491 g/mol. The predicted octanol–water partition coefficient (Wildman–Crippen LogP) is 3.30. The molecule has 0 aliphatic carbocycles. The molecule has 1 N–H and O–H groups in total. The minimum Gasteiger partial charge on any atom is -0.375 e. The summed E-state index contributed by atoms with van der Waals surface area (Å²) < 4.78 is 33.6. The van der Waals surface area contributed by atoms with Gasteiger partial charge in [0.1, 0.15) is 5.52 Å². The van der Waals surface area contributed by atoms with Crippen LogP contribution in [-0.2, 0) is 21.3 Å². The Morgan fingerprint density at radius 1 is 1.33 bits per heavy atom. The van der Waals surface area contributed by atoms with Crippen LogP contribution in [0.1, 0.15) is 25.5 Å². The first-order valence-electron chi connectivity index (χ1n) is 10.8. The summed E-state index contributed by atoms with van der Waals surface area (Å²) in [5.41, 5.74) is 3.28. The first-order valence-corrected chi connectivity index (χ1v) is 13.0. The molecule has 0 radical (unpaired) electrons. The summed E-state index contributed by atoms with van der Waals surface area (Å²) in [4.78, 5) is 16.0. The number of sulfonamides is 1. The Morgan fingerprint density at radius 3 is 2.85 bits per heavy atom. The van der Waals surface area contributed by atoms with E-state index in [4.69, 9.17) is 26.3 Å². The number of pyridine rings is 2. The summed E-state index contributed by atoms with van der Waals surface area (Å²) in [6.45, 7) is 8.26. The molecule has 1 fully saturated rings. The number of morpholine rings is 1. The molecule has 33 heavy (non-hydrogen) atoms. The molecule has 4 heterocycles. The number of rotatable bonds is 8. The third kappa shape index (κ3) is 5.35. The van der Waals surface area contributed by atoms with Crippen LogP contribution in [0.3, 0.4) is 0 Å². The number of ether oxygens (including phenoxy) is 1. The minimum atomic E-state index is -3.38. The van der Waals surface area contributed by atoms with E-state index >= 15 is 0 Å². The van der Waals surface area contributed by atoms with E-state index in [0.29, 0.717) is 40.6 Å². The Bertz CT molecular complexity index is 1270. The van der Waals surface area contributed by atoms with Crippen molar-refractivity contribution in [3.05, 3.63) is 41.8 Å². The largest absolute Gasteiger partial charge is 0.375 e. The van der Waals surface area contributed by atoms with Gasteiger partial charge in [-0.25, -0.2) is 23.1 Å². The number of aromatic nitrogens is 4. The fraction of sp³-hybridized carbons (Fsp3) is 0.409. The van der Waals surface area contributed by atoms with E-state index in [1.165, 1.54) is 0 Å². The number of nitrogens with one attached hydrogen (secondary N) is 1. The van der Waals surface area contributed by atoms with Crippen molar-refractivity contribution in [1.29, 1.82) is 0 Å². The van der Waals surface area contributed by atoms with Crippen molar-refractivity contribution in [2.75, 3.05) is 30.9 Å². The summed E-state index contributed by atoms with van der Waals surface area (Å²) in [5, 5.41) is 0.475. The first-order chi connectivity index (χ1) is 15.8. The van der Waals surface area contributed by atoms with Crippen molar-refractivity contribution in [3.8, 4) is 11.3 Å². The van der Waals surface area contributed by atoms with Crippen molar-refractivity contribution in [3.63, 3.8) is 0 Å². The van der Waals surface area contributed by atoms with E-state index in [1.54, 1.807) is 30.7 Å². The van der Waals surface area contributed by atoms with Gasteiger partial charge in [0, 0.05) is 37.2 Å². The van der Waals surface area contributed by atoms with E-state index in [9.17, 15) is 8.42 Å². The van der Waals surface area contributed by atoms with E-state index in [2.05, 4.69) is 28.1 Å². The second kappa shape index (κ2) is 9.76. The van der Waals surface area contributed by atoms with Gasteiger partial charge in [0.05, 0.1) is 47.4 Å². The highest BCUT2D eigenvalue weighted by Crippen LogP contribution is 2.33. The zero-order chi connectivity index (χ0) is 23.6. The number of anilines is 1. The molecule has 1 aliphatic rings. The highest BCUT2D eigenvalue weighted by atomic mass is 35.5. The molecule has 0 amide bonds. The predicted molar refractivity (Wildman–Crippen MR) is 131 cm³/mol. The molecule has 4 rings (SSSR count). The monoisotopic (exact) mass is 490 g/mol. The Hall–Kier alpha value is -2.53. The highest BCUT2D eigenvalue weighted by Gasteiger charge is 2.26. The SMILES string of the molecule is C=Cn1c(N2CCOC(CCC)C2)nc2cc(CNS(C)(=O)=O)nc(-c3cncc(Cl)c3)c21. The molecule has 3 aromatic heterocycles. The van der Waals surface area contributed by atoms with Crippen LogP contribution < -0.4 is 9.62 Å². The molecule has 3 aromatic rings. The fourth-order valence-electron chi connectivity index (χ4n) is 3.99. The van der Waals surface area contributed by atoms with Crippen LogP contribution in [0.2, 0.25) is 5.02 Å². The number of hydrogen-bond donors (Lipinski definition) is 1. The summed E-state index contributed by atoms with van der Waals surface area (Å²) in [6.07, 6.45) is 8.22. The van der Waals surface area contributed by atoms with Crippen molar-refractivity contribution in [1.82, 2.24) is 24.2 Å². The first kappa shape index (κ1) is 23.6. The zero-order valence-electron chi connectivity index (χ0n) is 18.7. The normalized spacial score (nSPS) is 16.9. The zero-order valence-corrected chi connectivity index (χ0v) is 20.2. The Balaban J connectivity index is 1.86. The Labute approximate surface area is 198 Å². The van der Waals surface area contributed by atoms with Crippen LogP contribution in [0.4, 0.5) is 5.95 Å². The van der Waals surface area contributed by atoms with Crippen LogP contribution in [0.15, 0.2) is 31.1 Å². The molecule has 1 atom stereocenters. The Kier molecular flexibility index (Phi) is 6.99. The molecular formula is C22H27ClN6O3S. The van der Waals surface area contributed by atoms with Gasteiger partial charge in [-0.2, -0.15) is 0 Å². The molecule has 11 heteroatoms. The van der Waals surface area contributed by atoms with Gasteiger partial charge in [0.25, 0.3) is 0 Å². The van der Waals surface area contributed by atoms with Gasteiger partial charge >= 0.3 is 0 Å². The molecule has 0 saturated carbocycles. The van der Waals surface area contributed by atoms with Crippen LogP contribution in [0.5, 0.6) is 0 Å². The average Bonchev–Trinajstić information content (AvgIpc) is 3.16. The standard InChI is InChI=1S/C22H27ClN6O3S/c1-4-6-18-14-28(7-8-32-18)22-27-19-10-17(13-25-33(3,30)31)26-20(21(19)29(22)5-2)15-9-16(23)12-24-11-15/h5,9-12,18,25H,2,4,6-8,13-14H2,1,3H3. The molecule has 0 aromatic carbocycles. The topological polar surface area (TPSA) is 102 Å². The van der Waals surface area contributed by atoms with Gasteiger partial charge in [-0.15, -0.1) is 0 Å². The number of halogens is 1. The Morgan fingerprint density at radius 2 is 2.15 bits per heavy atom. The van der Waals surface area contributed by atoms with Gasteiger partial charge in [-0.3, -0.25) is 9.55 Å². The van der Waals surface area contributed by atoms with Gasteiger partial charge in [-0.05, 0) is 18.6 Å². The molecule has 9 nitrogen and oxygen atoms in total. The van der Waals surface area contributed by atoms with E-state index in [0.717, 1.165) is 37.1 Å². The van der Waals surface area contributed by atoms with Crippen molar-refractivity contribution < 1.29 is 13.2 Å².